The summed E-state index contributed by atoms with van der Waals surface area (Å²) in [6.45, 7) is 0.130. The molecule has 1 unspecified atom stereocenters. The molecule has 2 N–H and O–H groups in total. The zero-order chi connectivity index (χ0) is 16.6. The minimum Gasteiger partial charge on any atom is -0.479 e. The number of benzene rings is 1. The van der Waals surface area contributed by atoms with Gasteiger partial charge in [-0.2, -0.15) is 13.2 Å². The normalized spacial score (nSPS) is 14.4. The maximum atomic E-state index is 13.3. The standard InChI is InChI=1S/C11H7F6NO3/c1-10(9(20)21,11(15,16)17)18-8(19)4-2-3-5(12)7(14)6(4)13/h2-3H,1H3,(H,18,19)(H,20,21). The highest BCUT2D eigenvalue weighted by Gasteiger charge is 2.58. The van der Waals surface area contributed by atoms with E-state index < -0.39 is 46.6 Å². The van der Waals surface area contributed by atoms with Crippen LogP contribution < -0.4 is 5.32 Å². The summed E-state index contributed by atoms with van der Waals surface area (Å²) in [6, 6.07) is 0.709. The van der Waals surface area contributed by atoms with Crippen molar-refractivity contribution in [1.29, 1.82) is 0 Å². The van der Waals surface area contributed by atoms with E-state index in [-0.39, 0.29) is 6.92 Å². The lowest BCUT2D eigenvalue weighted by Crippen LogP contribution is -2.62. The van der Waals surface area contributed by atoms with Gasteiger partial charge in [0.15, 0.2) is 17.5 Å². The third-order valence-electron chi connectivity index (χ3n) is 2.64. The number of nitrogens with one attached hydrogen (secondary N) is 1. The third kappa shape index (κ3) is 2.93. The van der Waals surface area contributed by atoms with Crippen molar-refractivity contribution in [3.63, 3.8) is 0 Å². The molecule has 1 aromatic rings. The molecule has 0 bridgehead atoms. The van der Waals surface area contributed by atoms with E-state index >= 15 is 0 Å². The van der Waals surface area contributed by atoms with Gasteiger partial charge in [0.25, 0.3) is 5.91 Å². The Balaban J connectivity index is 3.22. The van der Waals surface area contributed by atoms with Gasteiger partial charge in [-0.25, -0.2) is 18.0 Å². The predicted molar refractivity (Wildman–Crippen MR) is 55.9 cm³/mol. The molecule has 21 heavy (non-hydrogen) atoms. The molecule has 0 spiro atoms. The van der Waals surface area contributed by atoms with E-state index in [2.05, 4.69) is 0 Å². The molecule has 1 rings (SSSR count). The number of rotatable bonds is 3. The van der Waals surface area contributed by atoms with Gasteiger partial charge in [0.2, 0.25) is 5.54 Å². The number of carbonyl (C=O) groups excluding carboxylic acids is 1. The minimum absolute atomic E-state index is 0.130. The first kappa shape index (κ1) is 16.8. The maximum absolute atomic E-state index is 13.3. The number of amides is 1. The van der Waals surface area contributed by atoms with Crippen LogP contribution in [0, 0.1) is 17.5 Å². The van der Waals surface area contributed by atoms with Gasteiger partial charge in [0, 0.05) is 0 Å². The van der Waals surface area contributed by atoms with Crippen molar-refractivity contribution >= 4 is 11.9 Å². The maximum Gasteiger partial charge on any atom is 0.422 e. The first-order valence-electron chi connectivity index (χ1n) is 5.18. The number of carboxylic acid groups (broad SMARTS) is 1. The van der Waals surface area contributed by atoms with E-state index in [1.165, 1.54) is 0 Å². The van der Waals surface area contributed by atoms with Crippen LogP contribution >= 0.6 is 0 Å². The Morgan fingerprint density at radius 2 is 1.62 bits per heavy atom. The third-order valence-corrected chi connectivity index (χ3v) is 2.64. The van der Waals surface area contributed by atoms with Crippen LogP contribution in [0.4, 0.5) is 26.3 Å². The lowest BCUT2D eigenvalue weighted by molar-refractivity contribution is -0.203. The zero-order valence-electron chi connectivity index (χ0n) is 10.2. The molecule has 0 fully saturated rings. The van der Waals surface area contributed by atoms with E-state index in [0.29, 0.717) is 12.1 Å². The Morgan fingerprint density at radius 1 is 1.10 bits per heavy atom. The first-order valence-corrected chi connectivity index (χ1v) is 5.18. The summed E-state index contributed by atoms with van der Waals surface area (Å²) in [5.41, 5.74) is -4.98. The van der Waals surface area contributed by atoms with E-state index in [1.54, 1.807) is 0 Å². The highest BCUT2D eigenvalue weighted by Crippen LogP contribution is 2.31. The van der Waals surface area contributed by atoms with Crippen molar-refractivity contribution in [2.75, 3.05) is 0 Å². The lowest BCUT2D eigenvalue weighted by Gasteiger charge is -2.28. The quantitative estimate of drug-likeness (QED) is 0.664. The van der Waals surface area contributed by atoms with E-state index in [9.17, 15) is 35.9 Å². The fourth-order valence-electron chi connectivity index (χ4n) is 1.24. The average Bonchev–Trinajstić information content (AvgIpc) is 2.34. The van der Waals surface area contributed by atoms with Crippen molar-refractivity contribution in [3.05, 3.63) is 35.1 Å². The molecule has 0 saturated heterocycles. The van der Waals surface area contributed by atoms with Crippen LogP contribution in [0.25, 0.3) is 0 Å². The van der Waals surface area contributed by atoms with Gasteiger partial charge < -0.3 is 10.4 Å². The second-order valence-electron chi connectivity index (χ2n) is 4.10. The van der Waals surface area contributed by atoms with Crippen molar-refractivity contribution in [3.8, 4) is 0 Å². The van der Waals surface area contributed by atoms with Crippen LogP contribution in [0.2, 0.25) is 0 Å². The molecule has 1 amide bonds. The van der Waals surface area contributed by atoms with Gasteiger partial charge in [0.05, 0.1) is 5.56 Å². The molecular formula is C11H7F6NO3. The van der Waals surface area contributed by atoms with Crippen LogP contribution in [-0.4, -0.2) is 28.7 Å². The summed E-state index contributed by atoms with van der Waals surface area (Å²) in [5.74, 6) is -10.0. The second kappa shape index (κ2) is 5.26. The molecule has 0 radical (unpaired) electrons. The minimum atomic E-state index is -5.40. The molecule has 0 aliphatic heterocycles. The van der Waals surface area contributed by atoms with Gasteiger partial charge in [-0.1, -0.05) is 0 Å². The molecule has 116 valence electrons. The Bertz CT molecular complexity index is 600. The summed E-state index contributed by atoms with van der Waals surface area (Å²) in [5, 5.41) is 9.61. The van der Waals surface area contributed by atoms with Crippen molar-refractivity contribution in [2.24, 2.45) is 0 Å². The number of halogens is 6. The number of hydrogen-bond donors (Lipinski definition) is 2. The summed E-state index contributed by atoms with van der Waals surface area (Å²) in [4.78, 5) is 22.2. The lowest BCUT2D eigenvalue weighted by atomic mass is 10.0. The molecule has 0 aliphatic rings. The topological polar surface area (TPSA) is 66.4 Å². The van der Waals surface area contributed by atoms with Crippen LogP contribution in [0.5, 0.6) is 0 Å². The summed E-state index contributed by atoms with van der Waals surface area (Å²) >= 11 is 0. The Hall–Kier alpha value is -2.26. The fraction of sp³-hybridized carbons (Fsp3) is 0.273. The van der Waals surface area contributed by atoms with Crippen molar-refractivity contribution in [1.82, 2.24) is 5.32 Å². The molecular weight excluding hydrogens is 308 g/mol. The number of alkyl halides is 3. The Kier molecular flexibility index (Phi) is 4.21. The molecule has 0 heterocycles. The monoisotopic (exact) mass is 315 g/mol. The molecule has 0 aromatic heterocycles. The van der Waals surface area contributed by atoms with Gasteiger partial charge >= 0.3 is 12.1 Å². The van der Waals surface area contributed by atoms with Crippen LogP contribution in [-0.2, 0) is 4.79 Å². The van der Waals surface area contributed by atoms with Crippen molar-refractivity contribution in [2.45, 2.75) is 18.6 Å². The smallest absolute Gasteiger partial charge is 0.422 e. The highest BCUT2D eigenvalue weighted by molar-refractivity contribution is 5.98. The van der Waals surface area contributed by atoms with Crippen LogP contribution in [0.3, 0.4) is 0 Å². The number of carboxylic acids is 1. The second-order valence-corrected chi connectivity index (χ2v) is 4.10. The molecule has 0 aliphatic carbocycles. The first-order chi connectivity index (χ1) is 9.41. The molecule has 1 aromatic carbocycles. The largest absolute Gasteiger partial charge is 0.479 e. The number of aliphatic carboxylic acids is 1. The van der Waals surface area contributed by atoms with Crippen LogP contribution in [0.1, 0.15) is 17.3 Å². The molecule has 1 atom stereocenters. The van der Waals surface area contributed by atoms with Crippen molar-refractivity contribution < 1.29 is 41.0 Å². The van der Waals surface area contributed by atoms with Gasteiger partial charge in [-0.05, 0) is 19.1 Å². The predicted octanol–water partition coefficient (Wildman–Crippen LogP) is 2.24. The summed E-state index contributed by atoms with van der Waals surface area (Å²) in [7, 11) is 0. The molecule has 4 nitrogen and oxygen atoms in total. The highest BCUT2D eigenvalue weighted by atomic mass is 19.4. The SMILES string of the molecule is CC(NC(=O)c1ccc(F)c(F)c1F)(C(=O)O)C(F)(F)F. The Labute approximate surface area is 113 Å². The average molecular weight is 315 g/mol. The van der Waals surface area contributed by atoms with Crippen LogP contribution in [0.15, 0.2) is 12.1 Å². The molecule has 10 heteroatoms. The van der Waals surface area contributed by atoms with E-state index in [1.807, 2.05) is 0 Å². The molecule has 0 saturated carbocycles. The van der Waals surface area contributed by atoms with E-state index in [4.69, 9.17) is 5.11 Å². The van der Waals surface area contributed by atoms with E-state index in [0.717, 1.165) is 5.32 Å². The van der Waals surface area contributed by atoms with Gasteiger partial charge in [-0.3, -0.25) is 4.79 Å². The zero-order valence-corrected chi connectivity index (χ0v) is 10.2. The number of hydrogen-bond acceptors (Lipinski definition) is 2. The fourth-order valence-corrected chi connectivity index (χ4v) is 1.24. The summed E-state index contributed by atoms with van der Waals surface area (Å²) < 4.78 is 76.8. The van der Waals surface area contributed by atoms with Gasteiger partial charge in [-0.15, -0.1) is 0 Å². The number of carbonyl (C=O) groups is 2. The Morgan fingerprint density at radius 3 is 2.05 bits per heavy atom. The summed E-state index contributed by atoms with van der Waals surface area (Å²) in [6.07, 6.45) is -5.40. The van der Waals surface area contributed by atoms with Gasteiger partial charge in [0.1, 0.15) is 0 Å².